The molecule has 0 unspecified atom stereocenters. The SMILES string of the molecule is CC(C)(C)OC(=O)N1CCN(c2ccc3cc(Cl)ncc3n2)CC1. The van der Waals surface area contributed by atoms with E-state index >= 15 is 0 Å². The van der Waals surface area contributed by atoms with Crippen molar-refractivity contribution in [2.24, 2.45) is 0 Å². The average Bonchev–Trinajstić information content (AvgIpc) is 2.53. The highest BCUT2D eigenvalue weighted by Gasteiger charge is 2.26. The Kier molecular flexibility index (Phi) is 4.49. The fourth-order valence-electron chi connectivity index (χ4n) is 2.61. The number of carbonyl (C=O) groups is 1. The third-order valence-corrected chi connectivity index (χ3v) is 3.99. The predicted octanol–water partition coefficient (Wildman–Crippen LogP) is 3.34. The van der Waals surface area contributed by atoms with Crippen LogP contribution in [0.1, 0.15) is 20.8 Å². The number of fused-ring (bicyclic) bond motifs is 1. The van der Waals surface area contributed by atoms with E-state index in [1.165, 1.54) is 0 Å². The van der Waals surface area contributed by atoms with Gasteiger partial charge in [-0.2, -0.15) is 0 Å². The van der Waals surface area contributed by atoms with Gasteiger partial charge in [0.2, 0.25) is 0 Å². The molecule has 0 bridgehead atoms. The molecule has 1 aliphatic heterocycles. The van der Waals surface area contributed by atoms with E-state index in [4.69, 9.17) is 16.3 Å². The van der Waals surface area contributed by atoms with Crippen LogP contribution in [0.3, 0.4) is 0 Å². The molecule has 0 radical (unpaired) electrons. The molecule has 0 atom stereocenters. The highest BCUT2D eigenvalue weighted by molar-refractivity contribution is 6.30. The Morgan fingerprint density at radius 1 is 1.21 bits per heavy atom. The number of halogens is 1. The van der Waals surface area contributed by atoms with Crippen LogP contribution in [0.25, 0.3) is 10.9 Å². The van der Waals surface area contributed by atoms with Crippen molar-refractivity contribution < 1.29 is 9.53 Å². The summed E-state index contributed by atoms with van der Waals surface area (Å²) in [6, 6.07) is 5.77. The van der Waals surface area contributed by atoms with Gasteiger partial charge in [-0.05, 0) is 39.0 Å². The molecule has 2 aromatic rings. The molecular formula is C17H21ClN4O2. The summed E-state index contributed by atoms with van der Waals surface area (Å²) in [7, 11) is 0. The quantitative estimate of drug-likeness (QED) is 0.740. The number of carbonyl (C=O) groups excluding carboxylic acids is 1. The Labute approximate surface area is 146 Å². The molecule has 1 fully saturated rings. The molecule has 0 aliphatic carbocycles. The number of aromatic nitrogens is 2. The van der Waals surface area contributed by atoms with Gasteiger partial charge in [0.05, 0.1) is 11.7 Å². The Morgan fingerprint density at radius 3 is 2.58 bits per heavy atom. The lowest BCUT2D eigenvalue weighted by molar-refractivity contribution is 0.0240. The van der Waals surface area contributed by atoms with E-state index in [1.807, 2.05) is 32.9 Å². The van der Waals surface area contributed by atoms with Gasteiger partial charge in [-0.15, -0.1) is 0 Å². The van der Waals surface area contributed by atoms with E-state index in [1.54, 1.807) is 17.2 Å². The fourth-order valence-corrected chi connectivity index (χ4v) is 2.78. The van der Waals surface area contributed by atoms with E-state index in [9.17, 15) is 4.79 Å². The number of hydrogen-bond donors (Lipinski definition) is 0. The van der Waals surface area contributed by atoms with Crippen molar-refractivity contribution in [1.82, 2.24) is 14.9 Å². The molecule has 0 aromatic carbocycles. The molecule has 0 N–H and O–H groups in total. The maximum atomic E-state index is 12.1. The lowest BCUT2D eigenvalue weighted by atomic mass is 10.2. The standard InChI is InChI=1S/C17H21ClN4O2/c1-17(2,3)24-16(23)22-8-6-21(7-9-22)15-5-4-12-10-14(18)19-11-13(12)20-15/h4-5,10-11H,6-9H2,1-3H3. The monoisotopic (exact) mass is 348 g/mol. The summed E-state index contributed by atoms with van der Waals surface area (Å²) >= 11 is 5.90. The zero-order valence-corrected chi connectivity index (χ0v) is 14.9. The summed E-state index contributed by atoms with van der Waals surface area (Å²) < 4.78 is 5.42. The molecule has 3 heterocycles. The summed E-state index contributed by atoms with van der Waals surface area (Å²) in [5.41, 5.74) is 0.342. The minimum absolute atomic E-state index is 0.257. The maximum Gasteiger partial charge on any atom is 0.410 e. The van der Waals surface area contributed by atoms with Crippen molar-refractivity contribution in [2.45, 2.75) is 26.4 Å². The van der Waals surface area contributed by atoms with Crippen LogP contribution in [0, 0.1) is 0 Å². The summed E-state index contributed by atoms with van der Waals surface area (Å²) in [5.74, 6) is 0.885. The van der Waals surface area contributed by atoms with E-state index in [2.05, 4.69) is 14.9 Å². The fraction of sp³-hybridized carbons (Fsp3) is 0.471. The van der Waals surface area contributed by atoms with Gasteiger partial charge in [-0.1, -0.05) is 11.6 Å². The third kappa shape index (κ3) is 3.87. The number of anilines is 1. The van der Waals surface area contributed by atoms with Crippen LogP contribution in [-0.4, -0.2) is 52.7 Å². The van der Waals surface area contributed by atoms with E-state index < -0.39 is 5.60 Å². The van der Waals surface area contributed by atoms with Crippen molar-refractivity contribution in [3.8, 4) is 0 Å². The maximum absolute atomic E-state index is 12.1. The Bertz CT molecular complexity index is 752. The number of nitrogens with zero attached hydrogens (tertiary/aromatic N) is 4. The molecule has 7 heteroatoms. The van der Waals surface area contributed by atoms with Gasteiger partial charge < -0.3 is 14.5 Å². The average molecular weight is 349 g/mol. The van der Waals surface area contributed by atoms with Crippen LogP contribution in [0.2, 0.25) is 5.15 Å². The highest BCUT2D eigenvalue weighted by atomic mass is 35.5. The van der Waals surface area contributed by atoms with Gasteiger partial charge in [0.15, 0.2) is 0 Å². The van der Waals surface area contributed by atoms with Gasteiger partial charge in [0.1, 0.15) is 16.6 Å². The Morgan fingerprint density at radius 2 is 1.92 bits per heavy atom. The second-order valence-electron chi connectivity index (χ2n) is 6.82. The Balaban J connectivity index is 1.66. The highest BCUT2D eigenvalue weighted by Crippen LogP contribution is 2.21. The summed E-state index contributed by atoms with van der Waals surface area (Å²) in [6.07, 6.45) is 1.42. The molecular weight excluding hydrogens is 328 g/mol. The molecule has 0 spiro atoms. The summed E-state index contributed by atoms with van der Waals surface area (Å²) in [5, 5.41) is 1.43. The minimum Gasteiger partial charge on any atom is -0.444 e. The molecule has 3 rings (SSSR count). The zero-order valence-electron chi connectivity index (χ0n) is 14.1. The number of amides is 1. The topological polar surface area (TPSA) is 58.6 Å². The lowest BCUT2D eigenvalue weighted by Gasteiger charge is -2.36. The number of hydrogen-bond acceptors (Lipinski definition) is 5. The van der Waals surface area contributed by atoms with Crippen molar-refractivity contribution in [2.75, 3.05) is 31.1 Å². The number of piperazine rings is 1. The smallest absolute Gasteiger partial charge is 0.410 e. The molecule has 2 aromatic heterocycles. The van der Waals surface area contributed by atoms with Crippen molar-refractivity contribution in [1.29, 1.82) is 0 Å². The zero-order chi connectivity index (χ0) is 17.3. The van der Waals surface area contributed by atoms with Crippen molar-refractivity contribution in [3.05, 3.63) is 29.5 Å². The first-order valence-corrected chi connectivity index (χ1v) is 8.35. The number of ether oxygens (including phenoxy) is 1. The lowest BCUT2D eigenvalue weighted by Crippen LogP contribution is -2.50. The molecule has 24 heavy (non-hydrogen) atoms. The van der Waals surface area contributed by atoms with E-state index in [-0.39, 0.29) is 6.09 Å². The second kappa shape index (κ2) is 6.43. The van der Waals surface area contributed by atoms with E-state index in [0.29, 0.717) is 18.2 Å². The first kappa shape index (κ1) is 16.8. The van der Waals surface area contributed by atoms with Crippen LogP contribution in [0.5, 0.6) is 0 Å². The molecule has 128 valence electrons. The van der Waals surface area contributed by atoms with Gasteiger partial charge >= 0.3 is 6.09 Å². The van der Waals surface area contributed by atoms with Crippen molar-refractivity contribution in [3.63, 3.8) is 0 Å². The normalized spacial score (nSPS) is 15.7. The predicted molar refractivity (Wildman–Crippen MR) is 94.6 cm³/mol. The second-order valence-corrected chi connectivity index (χ2v) is 7.21. The number of pyridine rings is 2. The van der Waals surface area contributed by atoms with Gasteiger partial charge in [0.25, 0.3) is 0 Å². The van der Waals surface area contributed by atoms with Crippen LogP contribution >= 0.6 is 11.6 Å². The molecule has 1 saturated heterocycles. The van der Waals surface area contributed by atoms with Crippen LogP contribution in [-0.2, 0) is 4.74 Å². The minimum atomic E-state index is -0.470. The van der Waals surface area contributed by atoms with Gasteiger partial charge in [0, 0.05) is 31.6 Å². The van der Waals surface area contributed by atoms with Crippen LogP contribution < -0.4 is 4.90 Å². The van der Waals surface area contributed by atoms with E-state index in [0.717, 1.165) is 29.8 Å². The summed E-state index contributed by atoms with van der Waals surface area (Å²) in [4.78, 5) is 24.7. The Hall–Kier alpha value is -2.08. The summed E-state index contributed by atoms with van der Waals surface area (Å²) in [6.45, 7) is 8.31. The molecule has 1 aliphatic rings. The van der Waals surface area contributed by atoms with Gasteiger partial charge in [-0.25, -0.2) is 14.8 Å². The van der Waals surface area contributed by atoms with Crippen LogP contribution in [0.15, 0.2) is 24.4 Å². The van der Waals surface area contributed by atoms with Crippen LogP contribution in [0.4, 0.5) is 10.6 Å². The molecule has 1 amide bonds. The largest absolute Gasteiger partial charge is 0.444 e. The third-order valence-electron chi connectivity index (χ3n) is 3.78. The molecule has 6 nitrogen and oxygen atoms in total. The first-order valence-electron chi connectivity index (χ1n) is 7.97. The molecule has 0 saturated carbocycles. The first-order chi connectivity index (χ1) is 11.3. The van der Waals surface area contributed by atoms with Gasteiger partial charge in [-0.3, -0.25) is 0 Å². The number of rotatable bonds is 1. The van der Waals surface area contributed by atoms with Crippen molar-refractivity contribution >= 4 is 34.4 Å².